The number of carbonyl (C=O) groups is 2. The summed E-state index contributed by atoms with van der Waals surface area (Å²) in [7, 11) is 1.97. The Morgan fingerprint density at radius 2 is 2.07 bits per heavy atom. The van der Waals surface area contributed by atoms with Gasteiger partial charge in [0, 0.05) is 49.3 Å². The lowest BCUT2D eigenvalue weighted by atomic mass is 9.95. The smallest absolute Gasteiger partial charge is 0.257 e. The van der Waals surface area contributed by atoms with Gasteiger partial charge in [0.05, 0.1) is 5.56 Å². The number of likely N-dealkylation sites (N-methyl/N-ethyl adjacent to an activating group) is 1. The molecule has 3 rings (SSSR count). The first-order chi connectivity index (χ1) is 13.2. The van der Waals surface area contributed by atoms with Crippen LogP contribution >= 0.6 is 11.3 Å². The molecule has 0 bridgehead atoms. The molecular weight excluding hydrogens is 358 g/mol. The van der Waals surface area contributed by atoms with Gasteiger partial charge >= 0.3 is 0 Å². The Kier molecular flexibility index (Phi) is 6.33. The fourth-order valence-corrected chi connectivity index (χ4v) is 3.54. The highest BCUT2D eigenvalue weighted by molar-refractivity contribution is 7.08. The van der Waals surface area contributed by atoms with Crippen LogP contribution in [-0.2, 0) is 4.79 Å². The van der Waals surface area contributed by atoms with Crippen LogP contribution in [0, 0.1) is 0 Å². The van der Waals surface area contributed by atoms with Crippen molar-refractivity contribution in [2.45, 2.75) is 12.3 Å². The van der Waals surface area contributed by atoms with Gasteiger partial charge in [-0.05, 0) is 23.1 Å². The molecule has 3 aromatic rings. The average Bonchev–Trinajstić information content (AvgIpc) is 3.23. The molecule has 1 N–H and O–H groups in total. The molecule has 27 heavy (non-hydrogen) atoms. The molecule has 138 valence electrons. The van der Waals surface area contributed by atoms with Crippen LogP contribution in [0.15, 0.2) is 65.5 Å². The lowest BCUT2D eigenvalue weighted by Crippen LogP contribution is -2.25. The minimum Gasteiger partial charge on any atom is -0.374 e. The number of pyridine rings is 1. The molecule has 1 atom stereocenters. The van der Waals surface area contributed by atoms with Gasteiger partial charge in [-0.25, -0.2) is 4.98 Å². The van der Waals surface area contributed by atoms with Crippen molar-refractivity contribution >= 4 is 35.0 Å². The van der Waals surface area contributed by atoms with Crippen LogP contribution in [0.5, 0.6) is 0 Å². The fourth-order valence-electron chi connectivity index (χ4n) is 2.90. The lowest BCUT2D eigenvalue weighted by Gasteiger charge is -2.25. The second-order valence-corrected chi connectivity index (χ2v) is 7.04. The molecule has 6 heteroatoms. The number of rotatable bonds is 8. The van der Waals surface area contributed by atoms with Crippen LogP contribution in [0.2, 0.25) is 0 Å². The lowest BCUT2D eigenvalue weighted by molar-refractivity contribution is -0.108. The molecule has 2 aromatic heterocycles. The number of hydrogen-bond donors (Lipinski definition) is 1. The molecule has 1 amide bonds. The van der Waals surface area contributed by atoms with Crippen molar-refractivity contribution < 1.29 is 9.59 Å². The Bertz CT molecular complexity index is 881. The average molecular weight is 379 g/mol. The van der Waals surface area contributed by atoms with Crippen LogP contribution in [0.25, 0.3) is 0 Å². The fraction of sp³-hybridized carbons (Fsp3) is 0.190. The summed E-state index contributed by atoms with van der Waals surface area (Å²) in [5, 5.41) is 6.49. The van der Waals surface area contributed by atoms with Crippen LogP contribution in [0.1, 0.15) is 28.3 Å². The highest BCUT2D eigenvalue weighted by Gasteiger charge is 2.15. The highest BCUT2D eigenvalue weighted by Crippen LogP contribution is 2.24. The molecule has 0 saturated heterocycles. The van der Waals surface area contributed by atoms with Gasteiger partial charge in [-0.15, -0.1) is 0 Å². The molecule has 2 heterocycles. The number of hydrogen-bond acceptors (Lipinski definition) is 5. The minimum atomic E-state index is -0.174. The molecular formula is C21H21N3O2S. The topological polar surface area (TPSA) is 62.3 Å². The summed E-state index contributed by atoms with van der Waals surface area (Å²) >= 11 is 1.48. The molecule has 0 spiro atoms. The molecule has 1 unspecified atom stereocenters. The van der Waals surface area contributed by atoms with Crippen molar-refractivity contribution in [3.8, 4) is 0 Å². The molecule has 0 saturated carbocycles. The van der Waals surface area contributed by atoms with Gasteiger partial charge in [-0.1, -0.05) is 30.3 Å². The normalized spacial score (nSPS) is 11.6. The predicted octanol–water partition coefficient (Wildman–Crippen LogP) is 4.20. The van der Waals surface area contributed by atoms with E-state index < -0.39 is 0 Å². The van der Waals surface area contributed by atoms with Crippen molar-refractivity contribution in [1.82, 2.24) is 4.98 Å². The molecule has 0 aliphatic rings. The molecule has 0 aliphatic heterocycles. The molecule has 5 nitrogen and oxygen atoms in total. The van der Waals surface area contributed by atoms with Crippen molar-refractivity contribution in [1.29, 1.82) is 0 Å². The van der Waals surface area contributed by atoms with Crippen molar-refractivity contribution in [2.75, 3.05) is 23.8 Å². The van der Waals surface area contributed by atoms with E-state index >= 15 is 0 Å². The van der Waals surface area contributed by atoms with E-state index in [1.807, 2.05) is 54.9 Å². The van der Waals surface area contributed by atoms with E-state index in [1.165, 1.54) is 11.3 Å². The minimum absolute atomic E-state index is 0.103. The molecule has 0 aliphatic carbocycles. The number of nitrogens with one attached hydrogen (secondary N) is 1. The maximum Gasteiger partial charge on any atom is 0.257 e. The van der Waals surface area contributed by atoms with Gasteiger partial charge in [0.25, 0.3) is 5.91 Å². The first kappa shape index (κ1) is 18.8. The Morgan fingerprint density at radius 3 is 2.78 bits per heavy atom. The number of anilines is 2. The molecule has 0 radical (unpaired) electrons. The summed E-state index contributed by atoms with van der Waals surface area (Å²) in [6, 6.07) is 15.5. The predicted molar refractivity (Wildman–Crippen MR) is 110 cm³/mol. The number of benzene rings is 1. The number of aromatic nitrogens is 1. The summed E-state index contributed by atoms with van der Waals surface area (Å²) in [5.74, 6) is 0.430. The van der Waals surface area contributed by atoms with Crippen LogP contribution in [0.4, 0.5) is 11.5 Å². The van der Waals surface area contributed by atoms with E-state index in [2.05, 4.69) is 15.2 Å². The van der Waals surface area contributed by atoms with Crippen LogP contribution < -0.4 is 10.2 Å². The van der Waals surface area contributed by atoms with Gasteiger partial charge < -0.3 is 15.0 Å². The zero-order chi connectivity index (χ0) is 19.1. The van der Waals surface area contributed by atoms with Gasteiger partial charge in [0.2, 0.25) is 0 Å². The Labute approximate surface area is 162 Å². The van der Waals surface area contributed by atoms with E-state index in [0.29, 0.717) is 24.3 Å². The summed E-state index contributed by atoms with van der Waals surface area (Å²) < 4.78 is 0. The third kappa shape index (κ3) is 5.01. The maximum absolute atomic E-state index is 12.2. The largest absolute Gasteiger partial charge is 0.374 e. The summed E-state index contributed by atoms with van der Waals surface area (Å²) in [5.41, 5.74) is 2.68. The highest BCUT2D eigenvalue weighted by atomic mass is 32.1. The zero-order valence-electron chi connectivity index (χ0n) is 15.0. The number of nitrogens with zero attached hydrogens (tertiary/aromatic N) is 2. The summed E-state index contributed by atoms with van der Waals surface area (Å²) in [6.07, 6.45) is 3.10. The first-order valence-electron chi connectivity index (χ1n) is 8.66. The first-order valence-corrected chi connectivity index (χ1v) is 9.61. The van der Waals surface area contributed by atoms with Gasteiger partial charge in [-0.3, -0.25) is 4.79 Å². The van der Waals surface area contributed by atoms with Crippen LogP contribution in [-0.4, -0.2) is 30.8 Å². The van der Waals surface area contributed by atoms with Gasteiger partial charge in [0.1, 0.15) is 12.1 Å². The van der Waals surface area contributed by atoms with Crippen molar-refractivity contribution in [2.24, 2.45) is 0 Å². The Morgan fingerprint density at radius 1 is 1.26 bits per heavy atom. The van der Waals surface area contributed by atoms with Crippen molar-refractivity contribution in [3.63, 3.8) is 0 Å². The molecule has 0 fully saturated rings. The van der Waals surface area contributed by atoms with Crippen LogP contribution in [0.3, 0.4) is 0 Å². The monoisotopic (exact) mass is 379 g/mol. The van der Waals surface area contributed by atoms with E-state index in [1.54, 1.807) is 17.6 Å². The van der Waals surface area contributed by atoms with E-state index in [-0.39, 0.29) is 11.8 Å². The quantitative estimate of drug-likeness (QED) is 0.596. The number of aldehydes is 1. The van der Waals surface area contributed by atoms with Gasteiger partial charge in [0.15, 0.2) is 0 Å². The number of carbonyl (C=O) groups excluding carboxylic acids is 2. The van der Waals surface area contributed by atoms with E-state index in [0.717, 1.165) is 17.5 Å². The van der Waals surface area contributed by atoms with E-state index in [9.17, 15) is 9.59 Å². The third-order valence-electron chi connectivity index (χ3n) is 4.36. The number of amides is 1. The Hall–Kier alpha value is -2.99. The summed E-state index contributed by atoms with van der Waals surface area (Å²) in [4.78, 5) is 29.6. The van der Waals surface area contributed by atoms with E-state index in [4.69, 9.17) is 0 Å². The Balaban J connectivity index is 1.71. The second-order valence-electron chi connectivity index (χ2n) is 6.26. The maximum atomic E-state index is 12.2. The second kappa shape index (κ2) is 9.09. The van der Waals surface area contributed by atoms with Crippen molar-refractivity contribution in [3.05, 3.63) is 76.6 Å². The standard InChI is InChI=1S/C21H21N3O2S/c1-24(14-17(8-11-25)16-5-3-2-4-6-16)19-7-10-22-20(13-19)23-21(26)18-9-12-27-15-18/h2-7,9-13,15,17H,8,14H2,1H3,(H,22,23,26). The number of thiophene rings is 1. The third-order valence-corrected chi connectivity index (χ3v) is 5.04. The zero-order valence-corrected chi connectivity index (χ0v) is 15.9. The van der Waals surface area contributed by atoms with Gasteiger partial charge in [-0.2, -0.15) is 11.3 Å². The molecule has 1 aromatic carbocycles. The SMILES string of the molecule is CN(CC(CC=O)c1ccccc1)c1ccnc(NC(=O)c2ccsc2)c1. The summed E-state index contributed by atoms with van der Waals surface area (Å²) in [6.45, 7) is 0.685.